The minimum Gasteiger partial charge on any atom is -0.372 e. The van der Waals surface area contributed by atoms with Crippen molar-refractivity contribution >= 4 is 15.8 Å². The van der Waals surface area contributed by atoms with Crippen molar-refractivity contribution in [2.24, 2.45) is 0 Å². The first-order valence-electron chi connectivity index (χ1n) is 6.15. The van der Waals surface area contributed by atoms with Crippen LogP contribution < -0.4 is 5.32 Å². The van der Waals surface area contributed by atoms with Gasteiger partial charge in [-0.1, -0.05) is 0 Å². The van der Waals surface area contributed by atoms with Crippen molar-refractivity contribution < 1.29 is 8.42 Å². The quantitative estimate of drug-likeness (QED) is 0.811. The number of hydrogen-bond donors (Lipinski definition) is 1. The van der Waals surface area contributed by atoms with Crippen LogP contribution in [0.2, 0.25) is 0 Å². The van der Waals surface area contributed by atoms with Gasteiger partial charge in [-0.3, -0.25) is 9.88 Å². The second-order valence-corrected chi connectivity index (χ2v) is 6.56. The molecule has 106 valence electrons. The first-order valence-corrected chi connectivity index (χ1v) is 8.00. The zero-order valence-electron chi connectivity index (χ0n) is 11.2. The molecule has 1 aliphatic heterocycles. The van der Waals surface area contributed by atoms with E-state index in [0.29, 0.717) is 19.6 Å². The van der Waals surface area contributed by atoms with Gasteiger partial charge < -0.3 is 5.32 Å². The van der Waals surface area contributed by atoms with Gasteiger partial charge in [-0.2, -0.15) is 4.31 Å². The summed E-state index contributed by atoms with van der Waals surface area (Å²) >= 11 is 0. The van der Waals surface area contributed by atoms with Crippen LogP contribution in [0.3, 0.4) is 0 Å². The lowest BCUT2D eigenvalue weighted by Crippen LogP contribution is -2.47. The number of nitrogens with one attached hydrogen (secondary N) is 1. The molecule has 2 heterocycles. The zero-order chi connectivity index (χ0) is 13.9. The molecule has 0 unspecified atom stereocenters. The van der Waals surface area contributed by atoms with Gasteiger partial charge in [0.15, 0.2) is 0 Å². The Morgan fingerprint density at radius 3 is 2.37 bits per heavy atom. The second kappa shape index (κ2) is 5.81. The highest BCUT2D eigenvalue weighted by atomic mass is 32.2. The largest absolute Gasteiger partial charge is 0.372 e. The third kappa shape index (κ3) is 3.85. The Kier molecular flexibility index (Phi) is 4.33. The molecule has 0 atom stereocenters. The molecule has 1 fully saturated rings. The van der Waals surface area contributed by atoms with Crippen LogP contribution in [-0.2, 0) is 16.6 Å². The first kappa shape index (κ1) is 14.2. The molecule has 8 heteroatoms. The van der Waals surface area contributed by atoms with E-state index in [1.807, 2.05) is 0 Å². The van der Waals surface area contributed by atoms with Gasteiger partial charge in [0.1, 0.15) is 5.82 Å². The summed E-state index contributed by atoms with van der Waals surface area (Å²) in [6.45, 7) is 3.24. The van der Waals surface area contributed by atoms with E-state index >= 15 is 0 Å². The maximum Gasteiger partial charge on any atom is 0.211 e. The Labute approximate surface area is 113 Å². The average Bonchev–Trinajstić information content (AvgIpc) is 2.39. The lowest BCUT2D eigenvalue weighted by Gasteiger charge is -2.32. The van der Waals surface area contributed by atoms with Crippen LogP contribution in [0.1, 0.15) is 5.69 Å². The van der Waals surface area contributed by atoms with Gasteiger partial charge in [-0.15, -0.1) is 0 Å². The van der Waals surface area contributed by atoms with Crippen LogP contribution in [-0.4, -0.2) is 67.1 Å². The lowest BCUT2D eigenvalue weighted by atomic mass is 10.3. The van der Waals surface area contributed by atoms with E-state index in [1.165, 1.54) is 10.6 Å². The lowest BCUT2D eigenvalue weighted by molar-refractivity contribution is 0.180. The smallest absolute Gasteiger partial charge is 0.211 e. The van der Waals surface area contributed by atoms with Crippen molar-refractivity contribution in [3.63, 3.8) is 0 Å². The Bertz CT molecular complexity index is 508. The third-order valence-corrected chi connectivity index (χ3v) is 4.45. The van der Waals surface area contributed by atoms with Gasteiger partial charge >= 0.3 is 0 Å². The average molecular weight is 285 g/mol. The number of aromatic nitrogens is 2. The molecule has 0 bridgehead atoms. The summed E-state index contributed by atoms with van der Waals surface area (Å²) in [5, 5.41) is 2.92. The topological polar surface area (TPSA) is 78.4 Å². The number of sulfonamides is 1. The summed E-state index contributed by atoms with van der Waals surface area (Å²) in [5.41, 5.74) is 0.895. The van der Waals surface area contributed by atoms with E-state index < -0.39 is 10.0 Å². The molecule has 0 spiro atoms. The minimum absolute atomic E-state index is 0.543. The molecule has 1 saturated heterocycles. The fraction of sp³-hybridized carbons (Fsp3) is 0.636. The van der Waals surface area contributed by atoms with Crippen molar-refractivity contribution in [3.05, 3.63) is 18.1 Å². The highest BCUT2D eigenvalue weighted by molar-refractivity contribution is 7.88. The SMILES string of the molecule is CNc1cnc(CN2CCN(S(C)(=O)=O)CC2)cn1. The summed E-state index contributed by atoms with van der Waals surface area (Å²) in [7, 11) is -1.26. The van der Waals surface area contributed by atoms with Gasteiger partial charge in [0, 0.05) is 39.8 Å². The Balaban J connectivity index is 1.88. The van der Waals surface area contributed by atoms with Gasteiger partial charge in [-0.05, 0) is 0 Å². The summed E-state index contributed by atoms with van der Waals surface area (Å²) in [6, 6.07) is 0. The van der Waals surface area contributed by atoms with Crippen LogP contribution in [0, 0.1) is 0 Å². The van der Waals surface area contributed by atoms with E-state index in [2.05, 4.69) is 20.2 Å². The van der Waals surface area contributed by atoms with E-state index in [1.54, 1.807) is 19.4 Å². The standard InChI is InChI=1S/C11H19N5O2S/c1-12-11-8-13-10(7-14-11)9-15-3-5-16(6-4-15)19(2,17)18/h7-8H,3-6,9H2,1-2H3,(H,12,14). The number of piperazine rings is 1. The number of nitrogens with zero attached hydrogens (tertiary/aromatic N) is 4. The molecule has 0 aliphatic carbocycles. The maximum absolute atomic E-state index is 11.4. The summed E-state index contributed by atoms with van der Waals surface area (Å²) in [5.74, 6) is 0.741. The normalized spacial score (nSPS) is 18.4. The van der Waals surface area contributed by atoms with Crippen LogP contribution in [0.25, 0.3) is 0 Å². The van der Waals surface area contributed by atoms with Crippen molar-refractivity contribution in [2.45, 2.75) is 6.54 Å². The predicted molar refractivity (Wildman–Crippen MR) is 73.3 cm³/mol. The molecule has 0 amide bonds. The molecule has 7 nitrogen and oxygen atoms in total. The minimum atomic E-state index is -3.06. The molecule has 1 N–H and O–H groups in total. The third-order valence-electron chi connectivity index (χ3n) is 3.15. The Morgan fingerprint density at radius 2 is 1.89 bits per heavy atom. The zero-order valence-corrected chi connectivity index (χ0v) is 12.0. The van der Waals surface area contributed by atoms with E-state index in [9.17, 15) is 8.42 Å². The molecule has 0 radical (unpaired) electrons. The molecular formula is C11H19N5O2S. The van der Waals surface area contributed by atoms with Crippen molar-refractivity contribution in [1.29, 1.82) is 0 Å². The molecule has 1 aromatic rings. The summed E-state index contributed by atoms with van der Waals surface area (Å²) in [4.78, 5) is 10.7. The molecule has 1 aliphatic rings. The molecule has 0 saturated carbocycles. The summed E-state index contributed by atoms with van der Waals surface area (Å²) in [6.07, 6.45) is 4.70. The number of anilines is 1. The molecule has 19 heavy (non-hydrogen) atoms. The maximum atomic E-state index is 11.4. The fourth-order valence-electron chi connectivity index (χ4n) is 2.01. The van der Waals surface area contributed by atoms with Crippen molar-refractivity contribution in [3.8, 4) is 0 Å². The highest BCUT2D eigenvalue weighted by Gasteiger charge is 2.23. The summed E-state index contributed by atoms with van der Waals surface area (Å²) < 4.78 is 24.3. The van der Waals surface area contributed by atoms with Crippen LogP contribution >= 0.6 is 0 Å². The molecule has 0 aromatic carbocycles. The van der Waals surface area contributed by atoms with Gasteiger partial charge in [0.2, 0.25) is 10.0 Å². The second-order valence-electron chi connectivity index (χ2n) is 4.58. The molecule has 1 aromatic heterocycles. The van der Waals surface area contributed by atoms with Gasteiger partial charge in [0.05, 0.1) is 24.3 Å². The first-order chi connectivity index (χ1) is 8.99. The van der Waals surface area contributed by atoms with E-state index in [0.717, 1.165) is 24.6 Å². The fourth-order valence-corrected chi connectivity index (χ4v) is 2.84. The van der Waals surface area contributed by atoms with Gasteiger partial charge in [0.25, 0.3) is 0 Å². The van der Waals surface area contributed by atoms with Crippen molar-refractivity contribution in [2.75, 3.05) is 44.8 Å². The van der Waals surface area contributed by atoms with E-state index in [-0.39, 0.29) is 0 Å². The number of rotatable bonds is 4. The van der Waals surface area contributed by atoms with E-state index in [4.69, 9.17) is 0 Å². The van der Waals surface area contributed by atoms with Crippen LogP contribution in [0.15, 0.2) is 12.4 Å². The Morgan fingerprint density at radius 1 is 1.21 bits per heavy atom. The molecule has 2 rings (SSSR count). The monoisotopic (exact) mass is 285 g/mol. The highest BCUT2D eigenvalue weighted by Crippen LogP contribution is 2.09. The van der Waals surface area contributed by atoms with Crippen molar-refractivity contribution in [1.82, 2.24) is 19.2 Å². The predicted octanol–water partition coefficient (Wildman–Crippen LogP) is -0.404. The van der Waals surface area contributed by atoms with Crippen LogP contribution in [0.5, 0.6) is 0 Å². The molecular weight excluding hydrogens is 266 g/mol. The van der Waals surface area contributed by atoms with Crippen LogP contribution in [0.4, 0.5) is 5.82 Å². The number of hydrogen-bond acceptors (Lipinski definition) is 6. The van der Waals surface area contributed by atoms with Gasteiger partial charge in [-0.25, -0.2) is 13.4 Å². The Hall–Kier alpha value is -1.25.